The van der Waals surface area contributed by atoms with Gasteiger partial charge in [-0.1, -0.05) is 6.92 Å². The number of aryl methyl sites for hydroxylation is 2. The van der Waals surface area contributed by atoms with E-state index in [9.17, 15) is 0 Å². The molecule has 3 nitrogen and oxygen atoms in total. The maximum atomic E-state index is 4.40. The predicted octanol–water partition coefficient (Wildman–Crippen LogP) is 3.76. The van der Waals surface area contributed by atoms with E-state index in [4.69, 9.17) is 0 Å². The van der Waals surface area contributed by atoms with Gasteiger partial charge < -0.3 is 9.88 Å². The number of nitrogens with one attached hydrogen (secondary N) is 1. The minimum Gasteiger partial charge on any atom is -0.338 e. The van der Waals surface area contributed by atoms with Crippen LogP contribution in [0, 0.1) is 2.88 Å². The normalized spacial score (nSPS) is 12.8. The summed E-state index contributed by atoms with van der Waals surface area (Å²) in [7, 11) is 2.06. The fraction of sp³-hybridized carbons (Fsp3) is 0.500. The van der Waals surface area contributed by atoms with Crippen LogP contribution in [0.2, 0.25) is 0 Å². The van der Waals surface area contributed by atoms with Crippen LogP contribution in [-0.2, 0) is 13.5 Å². The van der Waals surface area contributed by atoms with E-state index >= 15 is 0 Å². The molecule has 1 N–H and O–H groups in total. The first-order valence-corrected chi connectivity index (χ1v) is 8.60. The van der Waals surface area contributed by atoms with Gasteiger partial charge in [-0.25, -0.2) is 4.98 Å². The van der Waals surface area contributed by atoms with Gasteiger partial charge in [0.05, 0.1) is 2.88 Å². The highest BCUT2D eigenvalue weighted by molar-refractivity contribution is 14.1. The average Bonchev–Trinajstić information content (AvgIpc) is 2.99. The maximum absolute atomic E-state index is 4.40. The Hall–Kier alpha value is -0.400. The number of thiophene rings is 1. The summed E-state index contributed by atoms with van der Waals surface area (Å²) in [6, 6.07) is 2.73. The molecule has 0 saturated carbocycles. The highest BCUT2D eigenvalue weighted by atomic mass is 127. The molecule has 0 saturated heterocycles. The molecule has 0 aliphatic carbocycles. The van der Waals surface area contributed by atoms with E-state index < -0.39 is 0 Å². The van der Waals surface area contributed by atoms with Gasteiger partial charge >= 0.3 is 0 Å². The van der Waals surface area contributed by atoms with Crippen molar-refractivity contribution in [3.8, 4) is 0 Å². The summed E-state index contributed by atoms with van der Waals surface area (Å²) in [5.74, 6) is 1.16. The summed E-state index contributed by atoms with van der Waals surface area (Å²) in [6.07, 6.45) is 7.16. The number of nitrogens with zero attached hydrogens (tertiary/aromatic N) is 2. The molecule has 0 spiro atoms. The number of halogens is 1. The Balaban J connectivity index is 1.99. The second kappa shape index (κ2) is 7.40. The van der Waals surface area contributed by atoms with Crippen LogP contribution in [0.5, 0.6) is 0 Å². The number of aromatic nitrogens is 2. The van der Waals surface area contributed by atoms with Crippen molar-refractivity contribution in [3.05, 3.63) is 38.1 Å². The van der Waals surface area contributed by atoms with E-state index in [1.807, 2.05) is 23.7 Å². The van der Waals surface area contributed by atoms with Crippen molar-refractivity contribution >= 4 is 33.9 Å². The van der Waals surface area contributed by atoms with Crippen molar-refractivity contribution in [1.82, 2.24) is 14.9 Å². The van der Waals surface area contributed by atoms with E-state index in [0.717, 1.165) is 25.2 Å². The first kappa shape index (κ1) is 15.0. The van der Waals surface area contributed by atoms with Crippen molar-refractivity contribution < 1.29 is 0 Å². The molecular formula is C14H20IN3S. The second-order valence-corrected chi connectivity index (χ2v) is 7.49. The Morgan fingerprint density at radius 2 is 2.37 bits per heavy atom. The predicted molar refractivity (Wildman–Crippen MR) is 89.6 cm³/mol. The molecule has 0 aromatic carbocycles. The lowest BCUT2D eigenvalue weighted by Gasteiger charge is -2.17. The van der Waals surface area contributed by atoms with Gasteiger partial charge in [0.25, 0.3) is 0 Å². The van der Waals surface area contributed by atoms with Gasteiger partial charge in [0.1, 0.15) is 5.82 Å². The molecule has 19 heavy (non-hydrogen) atoms. The lowest BCUT2D eigenvalue weighted by molar-refractivity contribution is 0.492. The van der Waals surface area contributed by atoms with E-state index in [2.05, 4.69) is 62.9 Å². The zero-order chi connectivity index (χ0) is 13.7. The van der Waals surface area contributed by atoms with Crippen molar-refractivity contribution in [3.63, 3.8) is 0 Å². The summed E-state index contributed by atoms with van der Waals surface area (Å²) < 4.78 is 3.46. The van der Waals surface area contributed by atoms with Gasteiger partial charge in [-0.2, -0.15) is 0 Å². The van der Waals surface area contributed by atoms with Crippen molar-refractivity contribution in [1.29, 1.82) is 0 Å². The molecule has 1 unspecified atom stereocenters. The fourth-order valence-corrected chi connectivity index (χ4v) is 3.55. The van der Waals surface area contributed by atoms with Crippen molar-refractivity contribution in [2.24, 2.45) is 7.05 Å². The van der Waals surface area contributed by atoms with Crippen molar-refractivity contribution in [2.45, 2.75) is 32.2 Å². The minimum absolute atomic E-state index is 0.441. The third-order valence-electron chi connectivity index (χ3n) is 3.21. The number of rotatable bonds is 7. The molecule has 2 aromatic heterocycles. The largest absolute Gasteiger partial charge is 0.338 e. The highest BCUT2D eigenvalue weighted by Gasteiger charge is 2.13. The van der Waals surface area contributed by atoms with Gasteiger partial charge in [0.2, 0.25) is 0 Å². The zero-order valence-electron chi connectivity index (χ0n) is 11.4. The standard InChI is InChI=1S/C14H20IN3S/c1-3-6-16-12(11-9-13(15)19-10-11)4-5-14-17-7-8-18(14)2/h7-10,12,16H,3-6H2,1-2H3. The molecule has 0 bridgehead atoms. The molecule has 2 aromatic rings. The second-order valence-electron chi connectivity index (χ2n) is 4.68. The van der Waals surface area contributed by atoms with E-state index in [0.29, 0.717) is 6.04 Å². The molecule has 0 aliphatic heterocycles. The molecule has 2 rings (SSSR count). The van der Waals surface area contributed by atoms with Crippen LogP contribution in [0.25, 0.3) is 0 Å². The number of imidazole rings is 1. The summed E-state index contributed by atoms with van der Waals surface area (Å²) >= 11 is 4.21. The minimum atomic E-state index is 0.441. The maximum Gasteiger partial charge on any atom is 0.108 e. The van der Waals surface area contributed by atoms with Crippen LogP contribution in [-0.4, -0.2) is 16.1 Å². The molecule has 0 radical (unpaired) electrons. The fourth-order valence-electron chi connectivity index (χ4n) is 2.12. The lowest BCUT2D eigenvalue weighted by Crippen LogP contribution is -2.22. The first-order valence-electron chi connectivity index (χ1n) is 6.64. The summed E-state index contributed by atoms with van der Waals surface area (Å²) in [4.78, 5) is 4.40. The first-order chi connectivity index (χ1) is 9.20. The van der Waals surface area contributed by atoms with Crippen LogP contribution >= 0.6 is 33.9 Å². The Kier molecular flexibility index (Phi) is 5.84. The molecule has 104 valence electrons. The molecule has 0 aliphatic rings. The van der Waals surface area contributed by atoms with Gasteiger partial charge in [0.15, 0.2) is 0 Å². The van der Waals surface area contributed by atoms with Crippen LogP contribution < -0.4 is 5.32 Å². The molecular weight excluding hydrogens is 369 g/mol. The number of hydrogen-bond donors (Lipinski definition) is 1. The lowest BCUT2D eigenvalue weighted by atomic mass is 10.0. The van der Waals surface area contributed by atoms with Crippen LogP contribution in [0.1, 0.15) is 37.2 Å². The summed E-state index contributed by atoms with van der Waals surface area (Å²) in [6.45, 7) is 3.28. The molecule has 0 amide bonds. The van der Waals surface area contributed by atoms with Crippen LogP contribution in [0.4, 0.5) is 0 Å². The van der Waals surface area contributed by atoms with Gasteiger partial charge in [0, 0.05) is 31.9 Å². The number of hydrogen-bond acceptors (Lipinski definition) is 3. The zero-order valence-corrected chi connectivity index (χ0v) is 14.4. The van der Waals surface area contributed by atoms with Gasteiger partial charge in [-0.05, 0) is 59.0 Å². The third-order valence-corrected chi connectivity index (χ3v) is 5.02. The molecule has 1 atom stereocenters. The third kappa shape index (κ3) is 4.29. The van der Waals surface area contributed by atoms with Gasteiger partial charge in [-0.3, -0.25) is 0 Å². The topological polar surface area (TPSA) is 29.9 Å². The van der Waals surface area contributed by atoms with Crippen LogP contribution in [0.3, 0.4) is 0 Å². The summed E-state index contributed by atoms with van der Waals surface area (Å²) in [5, 5.41) is 5.92. The molecule has 0 fully saturated rings. The monoisotopic (exact) mass is 389 g/mol. The quantitative estimate of drug-likeness (QED) is 0.731. The Morgan fingerprint density at radius 1 is 1.53 bits per heavy atom. The highest BCUT2D eigenvalue weighted by Crippen LogP contribution is 2.25. The smallest absolute Gasteiger partial charge is 0.108 e. The Morgan fingerprint density at radius 3 is 2.95 bits per heavy atom. The Bertz CT molecular complexity index is 506. The average molecular weight is 389 g/mol. The summed E-state index contributed by atoms with van der Waals surface area (Å²) in [5.41, 5.74) is 1.41. The van der Waals surface area contributed by atoms with E-state index in [1.165, 1.54) is 14.9 Å². The molecule has 5 heteroatoms. The Labute approximate surface area is 132 Å². The van der Waals surface area contributed by atoms with E-state index in [1.54, 1.807) is 0 Å². The van der Waals surface area contributed by atoms with E-state index in [-0.39, 0.29) is 0 Å². The SMILES string of the molecule is CCCNC(CCc1nccn1C)c1csc(I)c1. The molecule has 2 heterocycles. The van der Waals surface area contributed by atoms with Crippen molar-refractivity contribution in [2.75, 3.05) is 6.54 Å². The van der Waals surface area contributed by atoms with Crippen LogP contribution in [0.15, 0.2) is 23.8 Å². The van der Waals surface area contributed by atoms with Gasteiger partial charge in [-0.15, -0.1) is 11.3 Å².